The maximum absolute atomic E-state index is 12.7. The molecule has 0 aliphatic rings. The summed E-state index contributed by atoms with van der Waals surface area (Å²) in [7, 11) is 0. The van der Waals surface area contributed by atoms with Gasteiger partial charge in [-0.05, 0) is 30.5 Å². The lowest BCUT2D eigenvalue weighted by Gasteiger charge is -2.20. The number of aromatic nitrogens is 1. The predicted octanol–water partition coefficient (Wildman–Crippen LogP) is 4.69. The van der Waals surface area contributed by atoms with Crippen LogP contribution in [0.2, 0.25) is 5.02 Å². The van der Waals surface area contributed by atoms with Gasteiger partial charge >= 0.3 is 0 Å². The monoisotopic (exact) mass is 350 g/mol. The van der Waals surface area contributed by atoms with E-state index in [0.717, 1.165) is 5.56 Å². The van der Waals surface area contributed by atoms with Gasteiger partial charge in [-0.25, -0.2) is 4.98 Å². The summed E-state index contributed by atoms with van der Waals surface area (Å²) in [6, 6.07) is 7.28. The molecule has 1 heterocycles. The van der Waals surface area contributed by atoms with Crippen LogP contribution >= 0.6 is 22.9 Å². The number of halogens is 1. The molecule has 1 atom stereocenters. The maximum atomic E-state index is 12.7. The van der Waals surface area contributed by atoms with Gasteiger partial charge in [0.2, 0.25) is 5.91 Å². The number of carbonyl (C=O) groups is 2. The van der Waals surface area contributed by atoms with Gasteiger partial charge in [0.1, 0.15) is 0 Å². The van der Waals surface area contributed by atoms with Crippen molar-refractivity contribution in [1.82, 2.24) is 4.98 Å². The molecule has 1 aromatic carbocycles. The highest BCUT2D eigenvalue weighted by Gasteiger charge is 2.25. The van der Waals surface area contributed by atoms with Crippen LogP contribution in [0.1, 0.15) is 47.6 Å². The second-order valence-electron chi connectivity index (χ2n) is 5.75. The molecule has 6 heteroatoms. The molecular weight excluding hydrogens is 332 g/mol. The number of anilines is 1. The van der Waals surface area contributed by atoms with Crippen LogP contribution in [0.5, 0.6) is 0 Å². The summed E-state index contributed by atoms with van der Waals surface area (Å²) < 4.78 is 0. The Hall–Kier alpha value is -1.72. The average Bonchev–Trinajstić information content (AvgIpc) is 2.81. The zero-order valence-electron chi connectivity index (χ0n) is 13.5. The number of benzene rings is 1. The first kappa shape index (κ1) is 17.6. The Balaban J connectivity index is 2.23. The number of nitrogens with zero attached hydrogens (tertiary/aromatic N) is 1. The minimum Gasteiger partial charge on any atom is -0.301 e. The van der Waals surface area contributed by atoms with E-state index in [2.05, 4.69) is 10.3 Å². The number of carbonyl (C=O) groups excluding carboxylic acids is 2. The van der Waals surface area contributed by atoms with Crippen molar-refractivity contribution in [3.8, 4) is 0 Å². The summed E-state index contributed by atoms with van der Waals surface area (Å²) in [6.45, 7) is 7.25. The van der Waals surface area contributed by atoms with E-state index in [1.165, 1.54) is 18.3 Å². The number of Topliss-reactive ketones (excluding diaryl/α,β-unsaturated/α-hetero) is 1. The fourth-order valence-electron chi connectivity index (χ4n) is 2.47. The van der Waals surface area contributed by atoms with E-state index in [1.54, 1.807) is 19.1 Å². The van der Waals surface area contributed by atoms with Crippen molar-refractivity contribution >= 4 is 39.8 Å². The zero-order chi connectivity index (χ0) is 17.1. The third-order valence-electron chi connectivity index (χ3n) is 3.52. The van der Waals surface area contributed by atoms with Crippen molar-refractivity contribution in [2.24, 2.45) is 5.92 Å². The summed E-state index contributed by atoms with van der Waals surface area (Å²) in [5, 5.41) is 3.93. The number of thiazole rings is 1. The summed E-state index contributed by atoms with van der Waals surface area (Å²) in [4.78, 5) is 29.0. The zero-order valence-corrected chi connectivity index (χ0v) is 15.1. The third-order valence-corrected chi connectivity index (χ3v) is 4.95. The first-order valence-electron chi connectivity index (χ1n) is 7.34. The van der Waals surface area contributed by atoms with E-state index in [0.29, 0.717) is 20.7 Å². The Labute approximate surface area is 144 Å². The molecule has 1 N–H and O–H groups in total. The fraction of sp³-hybridized carbons (Fsp3) is 0.353. The van der Waals surface area contributed by atoms with Gasteiger partial charge in [-0.15, -0.1) is 0 Å². The van der Waals surface area contributed by atoms with E-state index >= 15 is 0 Å². The molecule has 1 unspecified atom stereocenters. The molecule has 0 fully saturated rings. The molecule has 0 spiro atoms. The number of aryl methyl sites for hydroxylation is 1. The molecular formula is C17H19ClN2O2S. The first-order chi connectivity index (χ1) is 10.8. The number of rotatable bonds is 5. The summed E-state index contributed by atoms with van der Waals surface area (Å²) in [6.07, 6.45) is 0. The van der Waals surface area contributed by atoms with Crippen molar-refractivity contribution in [3.05, 3.63) is 45.4 Å². The Bertz CT molecular complexity index is 723. The van der Waals surface area contributed by atoms with Crippen molar-refractivity contribution < 1.29 is 9.59 Å². The van der Waals surface area contributed by atoms with Crippen LogP contribution in [0.4, 0.5) is 5.13 Å². The number of hydrogen-bond acceptors (Lipinski definition) is 4. The van der Waals surface area contributed by atoms with E-state index in [4.69, 9.17) is 11.6 Å². The van der Waals surface area contributed by atoms with Crippen LogP contribution in [0.3, 0.4) is 0 Å². The van der Waals surface area contributed by atoms with Gasteiger partial charge in [0.05, 0.1) is 16.5 Å². The SMILES string of the molecule is CC(=O)c1sc(NC(=O)C(c2ccc(Cl)cc2)C(C)C)nc1C. The largest absolute Gasteiger partial charge is 0.301 e. The fourth-order valence-corrected chi connectivity index (χ4v) is 3.46. The molecule has 2 aromatic rings. The lowest BCUT2D eigenvalue weighted by atomic mass is 9.88. The number of amides is 1. The highest BCUT2D eigenvalue weighted by atomic mass is 35.5. The van der Waals surface area contributed by atoms with E-state index < -0.39 is 0 Å². The highest BCUT2D eigenvalue weighted by molar-refractivity contribution is 7.17. The number of ketones is 1. The van der Waals surface area contributed by atoms with Gasteiger partial charge in [-0.2, -0.15) is 0 Å². The molecule has 0 aliphatic carbocycles. The summed E-state index contributed by atoms with van der Waals surface area (Å²) in [5.41, 5.74) is 1.55. The van der Waals surface area contributed by atoms with Gasteiger partial charge in [0.25, 0.3) is 0 Å². The van der Waals surface area contributed by atoms with Crippen molar-refractivity contribution in [2.75, 3.05) is 5.32 Å². The Kier molecular flexibility index (Phi) is 5.55. The number of nitrogens with one attached hydrogen (secondary N) is 1. The molecule has 0 bridgehead atoms. The molecule has 0 radical (unpaired) electrons. The van der Waals surface area contributed by atoms with Crippen LogP contribution in [0, 0.1) is 12.8 Å². The van der Waals surface area contributed by atoms with Gasteiger partial charge in [0.15, 0.2) is 10.9 Å². The van der Waals surface area contributed by atoms with Gasteiger partial charge < -0.3 is 5.32 Å². The minimum absolute atomic E-state index is 0.0430. The molecule has 4 nitrogen and oxygen atoms in total. The molecule has 0 saturated carbocycles. The predicted molar refractivity (Wildman–Crippen MR) is 94.5 cm³/mol. The lowest BCUT2D eigenvalue weighted by molar-refractivity contribution is -0.118. The van der Waals surface area contributed by atoms with Crippen LogP contribution in [-0.4, -0.2) is 16.7 Å². The van der Waals surface area contributed by atoms with E-state index in [1.807, 2.05) is 26.0 Å². The molecule has 122 valence electrons. The first-order valence-corrected chi connectivity index (χ1v) is 8.53. The van der Waals surface area contributed by atoms with Gasteiger partial charge in [0, 0.05) is 11.9 Å². The molecule has 0 aliphatic heterocycles. The Morgan fingerprint density at radius 1 is 1.22 bits per heavy atom. The van der Waals surface area contributed by atoms with Crippen molar-refractivity contribution in [1.29, 1.82) is 0 Å². The topological polar surface area (TPSA) is 59.1 Å². The molecule has 0 saturated heterocycles. The third kappa shape index (κ3) is 4.18. The average molecular weight is 351 g/mol. The quantitative estimate of drug-likeness (QED) is 0.796. The number of hydrogen-bond donors (Lipinski definition) is 1. The van der Waals surface area contributed by atoms with E-state index in [9.17, 15) is 9.59 Å². The second-order valence-corrected chi connectivity index (χ2v) is 7.19. The smallest absolute Gasteiger partial charge is 0.233 e. The second kappa shape index (κ2) is 7.23. The lowest BCUT2D eigenvalue weighted by Crippen LogP contribution is -2.25. The summed E-state index contributed by atoms with van der Waals surface area (Å²) in [5.74, 6) is -0.369. The normalized spacial score (nSPS) is 12.3. The Morgan fingerprint density at radius 2 is 1.83 bits per heavy atom. The van der Waals surface area contributed by atoms with Gasteiger partial charge in [-0.3, -0.25) is 9.59 Å². The Morgan fingerprint density at radius 3 is 2.30 bits per heavy atom. The standard InChI is InChI=1S/C17H19ClN2O2S/c1-9(2)14(12-5-7-13(18)8-6-12)16(22)20-17-19-10(3)15(23-17)11(4)21/h5-9,14H,1-4H3,(H,19,20,22). The molecule has 23 heavy (non-hydrogen) atoms. The molecule has 1 aromatic heterocycles. The highest BCUT2D eigenvalue weighted by Crippen LogP contribution is 2.29. The maximum Gasteiger partial charge on any atom is 0.233 e. The van der Waals surface area contributed by atoms with Crippen molar-refractivity contribution in [2.45, 2.75) is 33.6 Å². The van der Waals surface area contributed by atoms with Gasteiger partial charge in [-0.1, -0.05) is 48.9 Å². The van der Waals surface area contributed by atoms with Crippen LogP contribution < -0.4 is 5.32 Å². The van der Waals surface area contributed by atoms with E-state index in [-0.39, 0.29) is 23.5 Å². The summed E-state index contributed by atoms with van der Waals surface area (Å²) >= 11 is 7.12. The van der Waals surface area contributed by atoms with Crippen LogP contribution in [0.15, 0.2) is 24.3 Å². The minimum atomic E-state index is -0.308. The van der Waals surface area contributed by atoms with Crippen LogP contribution in [-0.2, 0) is 4.79 Å². The van der Waals surface area contributed by atoms with Crippen LogP contribution in [0.25, 0.3) is 0 Å². The molecule has 2 rings (SSSR count). The molecule has 1 amide bonds. The van der Waals surface area contributed by atoms with Crippen molar-refractivity contribution in [3.63, 3.8) is 0 Å².